The van der Waals surface area contributed by atoms with Crippen molar-refractivity contribution in [3.8, 4) is 11.5 Å². The van der Waals surface area contributed by atoms with E-state index in [2.05, 4.69) is 4.98 Å². The molecule has 0 amide bonds. The molecular formula is C16H20N2O2. The Morgan fingerprint density at radius 2 is 1.95 bits per heavy atom. The molecule has 0 saturated carbocycles. The molecule has 1 atom stereocenters. The molecule has 0 radical (unpaired) electrons. The molecular weight excluding hydrogens is 252 g/mol. The van der Waals surface area contributed by atoms with E-state index in [0.717, 1.165) is 16.8 Å². The Morgan fingerprint density at radius 3 is 2.55 bits per heavy atom. The minimum Gasteiger partial charge on any atom is -0.493 e. The number of benzene rings is 1. The van der Waals surface area contributed by atoms with Crippen molar-refractivity contribution in [3.05, 3.63) is 53.3 Å². The van der Waals surface area contributed by atoms with Gasteiger partial charge in [-0.3, -0.25) is 4.98 Å². The summed E-state index contributed by atoms with van der Waals surface area (Å²) in [4.78, 5) is 4.39. The zero-order valence-electron chi connectivity index (χ0n) is 12.1. The van der Waals surface area contributed by atoms with Gasteiger partial charge in [0.2, 0.25) is 0 Å². The van der Waals surface area contributed by atoms with Gasteiger partial charge in [-0.05, 0) is 24.6 Å². The number of aryl methyl sites for hydroxylation is 1. The normalized spacial score (nSPS) is 12.0. The molecule has 0 aliphatic carbocycles. The number of hydrogen-bond donors (Lipinski definition) is 1. The summed E-state index contributed by atoms with van der Waals surface area (Å²) in [6, 6.07) is 9.59. The first kappa shape index (κ1) is 14.3. The Balaban J connectivity index is 2.24. The molecule has 20 heavy (non-hydrogen) atoms. The molecule has 0 spiro atoms. The van der Waals surface area contributed by atoms with E-state index in [0.29, 0.717) is 17.9 Å². The first-order valence-corrected chi connectivity index (χ1v) is 6.53. The summed E-state index contributed by atoms with van der Waals surface area (Å²) in [6.45, 7) is 2.02. The molecule has 1 unspecified atom stereocenters. The standard InChI is InChI=1S/C16H20N2O2/c1-11-7-8-12(18-10-11)9-14(17)13-5-4-6-15(19-2)16(13)20-3/h4-8,10,14H,9,17H2,1-3H3. The highest BCUT2D eigenvalue weighted by Gasteiger charge is 2.16. The average Bonchev–Trinajstić information content (AvgIpc) is 2.48. The third kappa shape index (κ3) is 3.08. The summed E-state index contributed by atoms with van der Waals surface area (Å²) in [7, 11) is 3.24. The number of pyridine rings is 1. The Morgan fingerprint density at radius 1 is 1.15 bits per heavy atom. The summed E-state index contributed by atoms with van der Waals surface area (Å²) in [6.07, 6.45) is 2.51. The van der Waals surface area contributed by atoms with E-state index in [-0.39, 0.29) is 6.04 Å². The van der Waals surface area contributed by atoms with Crippen molar-refractivity contribution in [2.24, 2.45) is 5.73 Å². The lowest BCUT2D eigenvalue weighted by atomic mass is 10.0. The van der Waals surface area contributed by atoms with Crippen LogP contribution in [-0.4, -0.2) is 19.2 Å². The first-order chi connectivity index (χ1) is 9.65. The number of methoxy groups -OCH3 is 2. The van der Waals surface area contributed by atoms with Crippen molar-refractivity contribution >= 4 is 0 Å². The van der Waals surface area contributed by atoms with Crippen molar-refractivity contribution in [1.29, 1.82) is 0 Å². The van der Waals surface area contributed by atoms with Gasteiger partial charge in [-0.15, -0.1) is 0 Å². The number of aromatic nitrogens is 1. The molecule has 0 saturated heterocycles. The lowest BCUT2D eigenvalue weighted by molar-refractivity contribution is 0.349. The Bertz CT molecular complexity index is 567. The maximum Gasteiger partial charge on any atom is 0.165 e. The zero-order valence-corrected chi connectivity index (χ0v) is 12.1. The third-order valence-electron chi connectivity index (χ3n) is 3.23. The third-order valence-corrected chi connectivity index (χ3v) is 3.23. The fraction of sp³-hybridized carbons (Fsp3) is 0.312. The lowest BCUT2D eigenvalue weighted by Gasteiger charge is -2.17. The van der Waals surface area contributed by atoms with E-state index in [9.17, 15) is 0 Å². The maximum atomic E-state index is 6.29. The Hall–Kier alpha value is -2.07. The number of nitrogens with zero attached hydrogens (tertiary/aromatic N) is 1. The quantitative estimate of drug-likeness (QED) is 0.909. The number of para-hydroxylation sites is 1. The van der Waals surface area contributed by atoms with Gasteiger partial charge in [-0.1, -0.05) is 18.2 Å². The minimum atomic E-state index is -0.185. The highest BCUT2D eigenvalue weighted by Crippen LogP contribution is 2.34. The molecule has 0 fully saturated rings. The van der Waals surface area contributed by atoms with Crippen LogP contribution in [0.1, 0.15) is 22.9 Å². The van der Waals surface area contributed by atoms with Gasteiger partial charge in [0.1, 0.15) is 0 Å². The molecule has 1 aromatic carbocycles. The number of nitrogens with two attached hydrogens (primary N) is 1. The van der Waals surface area contributed by atoms with Gasteiger partial charge in [-0.2, -0.15) is 0 Å². The first-order valence-electron chi connectivity index (χ1n) is 6.53. The predicted molar refractivity (Wildman–Crippen MR) is 79.2 cm³/mol. The monoisotopic (exact) mass is 272 g/mol. The predicted octanol–water partition coefficient (Wildman–Crippen LogP) is 2.65. The van der Waals surface area contributed by atoms with Crippen molar-refractivity contribution in [1.82, 2.24) is 4.98 Å². The van der Waals surface area contributed by atoms with Gasteiger partial charge >= 0.3 is 0 Å². The van der Waals surface area contributed by atoms with Gasteiger partial charge in [-0.25, -0.2) is 0 Å². The summed E-state index contributed by atoms with van der Waals surface area (Å²) in [5.74, 6) is 1.38. The van der Waals surface area contributed by atoms with E-state index >= 15 is 0 Å². The van der Waals surface area contributed by atoms with Gasteiger partial charge in [0.15, 0.2) is 11.5 Å². The van der Waals surface area contributed by atoms with Crippen molar-refractivity contribution < 1.29 is 9.47 Å². The van der Waals surface area contributed by atoms with Crippen LogP contribution in [-0.2, 0) is 6.42 Å². The van der Waals surface area contributed by atoms with Crippen LogP contribution in [0, 0.1) is 6.92 Å². The SMILES string of the molecule is COc1cccc(C(N)Cc2ccc(C)cn2)c1OC. The molecule has 4 heteroatoms. The molecule has 0 bridgehead atoms. The Kier molecular flexibility index (Phi) is 4.58. The van der Waals surface area contributed by atoms with E-state index in [1.165, 1.54) is 0 Å². The number of ether oxygens (including phenoxy) is 2. The summed E-state index contributed by atoms with van der Waals surface area (Å²) in [5.41, 5.74) is 9.32. The topological polar surface area (TPSA) is 57.4 Å². The van der Waals surface area contributed by atoms with Gasteiger partial charge in [0, 0.05) is 29.9 Å². The molecule has 0 aliphatic heterocycles. The van der Waals surface area contributed by atoms with E-state index < -0.39 is 0 Å². The fourth-order valence-corrected chi connectivity index (χ4v) is 2.16. The van der Waals surface area contributed by atoms with E-state index in [1.54, 1.807) is 14.2 Å². The second kappa shape index (κ2) is 6.39. The van der Waals surface area contributed by atoms with Crippen LogP contribution in [0.3, 0.4) is 0 Å². The minimum absolute atomic E-state index is 0.185. The molecule has 4 nitrogen and oxygen atoms in total. The average molecular weight is 272 g/mol. The molecule has 2 aromatic rings. The second-order valence-electron chi connectivity index (χ2n) is 4.72. The van der Waals surface area contributed by atoms with Crippen LogP contribution in [0.5, 0.6) is 11.5 Å². The zero-order chi connectivity index (χ0) is 14.5. The molecule has 0 aliphatic rings. The van der Waals surface area contributed by atoms with Gasteiger partial charge in [0.25, 0.3) is 0 Å². The molecule has 2 N–H and O–H groups in total. The van der Waals surface area contributed by atoms with E-state index in [1.807, 2.05) is 43.5 Å². The smallest absolute Gasteiger partial charge is 0.165 e. The van der Waals surface area contributed by atoms with Crippen LogP contribution >= 0.6 is 0 Å². The summed E-state index contributed by atoms with van der Waals surface area (Å²) < 4.78 is 10.7. The van der Waals surface area contributed by atoms with Crippen molar-refractivity contribution in [3.63, 3.8) is 0 Å². The van der Waals surface area contributed by atoms with Crippen molar-refractivity contribution in [2.45, 2.75) is 19.4 Å². The molecule has 2 rings (SSSR count). The molecule has 106 valence electrons. The summed E-state index contributed by atoms with van der Waals surface area (Å²) in [5, 5.41) is 0. The van der Waals surface area contributed by atoms with Crippen LogP contribution in [0.2, 0.25) is 0 Å². The van der Waals surface area contributed by atoms with Crippen LogP contribution in [0.25, 0.3) is 0 Å². The fourth-order valence-electron chi connectivity index (χ4n) is 2.16. The highest BCUT2D eigenvalue weighted by atomic mass is 16.5. The van der Waals surface area contributed by atoms with E-state index in [4.69, 9.17) is 15.2 Å². The summed E-state index contributed by atoms with van der Waals surface area (Å²) >= 11 is 0. The van der Waals surface area contributed by atoms with Crippen LogP contribution < -0.4 is 15.2 Å². The number of rotatable bonds is 5. The highest BCUT2D eigenvalue weighted by molar-refractivity contribution is 5.48. The molecule has 1 heterocycles. The lowest BCUT2D eigenvalue weighted by Crippen LogP contribution is -2.15. The Labute approximate surface area is 119 Å². The van der Waals surface area contributed by atoms with Crippen molar-refractivity contribution in [2.75, 3.05) is 14.2 Å². The molecule has 1 aromatic heterocycles. The van der Waals surface area contributed by atoms with Gasteiger partial charge in [0.05, 0.1) is 14.2 Å². The largest absolute Gasteiger partial charge is 0.493 e. The second-order valence-corrected chi connectivity index (χ2v) is 4.72. The number of hydrogen-bond acceptors (Lipinski definition) is 4. The van der Waals surface area contributed by atoms with Crippen LogP contribution in [0.4, 0.5) is 0 Å². The van der Waals surface area contributed by atoms with Gasteiger partial charge < -0.3 is 15.2 Å². The van der Waals surface area contributed by atoms with Crippen LogP contribution in [0.15, 0.2) is 36.5 Å². The maximum absolute atomic E-state index is 6.29.